The molecule has 4 N–H and O–H groups in total. The number of thiol groups is 2. The van der Waals surface area contributed by atoms with E-state index >= 15 is 0 Å². The maximum Gasteiger partial charge on any atom is 0.501 e. The Morgan fingerprint density at radius 2 is 1.71 bits per heavy atom. The fourth-order valence-electron chi connectivity index (χ4n) is 3.65. The van der Waals surface area contributed by atoms with Crippen LogP contribution in [0.15, 0.2) is 24.3 Å². The topological polar surface area (TPSA) is 152 Å². The molecule has 2 fully saturated rings. The largest absolute Gasteiger partial charge is 0.501 e. The minimum atomic E-state index is -2.61. The zero-order valence-electron chi connectivity index (χ0n) is 19.1. The van der Waals surface area contributed by atoms with Gasteiger partial charge in [-0.05, 0) is 31.5 Å². The van der Waals surface area contributed by atoms with E-state index in [1.165, 1.54) is 24.3 Å². The Hall–Kier alpha value is -2.10. The van der Waals surface area contributed by atoms with Crippen LogP contribution >= 0.6 is 25.3 Å². The molecule has 5 atom stereocenters. The molecule has 14 heteroatoms. The van der Waals surface area contributed by atoms with Crippen LogP contribution in [0.4, 0.5) is 0 Å². The minimum Gasteiger partial charge on any atom is -0.480 e. The highest BCUT2D eigenvalue weighted by molar-refractivity contribution is 7.80. The van der Waals surface area contributed by atoms with E-state index in [4.69, 9.17) is 18.4 Å². The molecule has 0 spiro atoms. The highest BCUT2D eigenvalue weighted by Crippen LogP contribution is 2.36. The molecule has 11 nitrogen and oxygen atoms in total. The summed E-state index contributed by atoms with van der Waals surface area (Å²) in [6.45, 7) is 2.86. The van der Waals surface area contributed by atoms with Crippen molar-refractivity contribution in [2.24, 2.45) is 0 Å². The molecule has 1 aromatic carbocycles. The van der Waals surface area contributed by atoms with Crippen LogP contribution < -0.4 is 16.0 Å². The molecular weight excluding hydrogens is 514 g/mol. The Morgan fingerprint density at radius 3 is 2.23 bits per heavy atom. The van der Waals surface area contributed by atoms with Crippen molar-refractivity contribution in [2.75, 3.05) is 24.7 Å². The lowest BCUT2D eigenvalue weighted by atomic mass is 10.1. The molecule has 3 amide bonds. The van der Waals surface area contributed by atoms with Crippen molar-refractivity contribution in [2.45, 2.75) is 43.7 Å². The van der Waals surface area contributed by atoms with E-state index in [0.717, 1.165) is 0 Å². The number of carboxylic acids is 1. The van der Waals surface area contributed by atoms with Gasteiger partial charge in [-0.3, -0.25) is 14.4 Å². The van der Waals surface area contributed by atoms with Crippen LogP contribution in [-0.2, 0) is 22.9 Å². The second-order valence-corrected chi connectivity index (χ2v) is 11.6. The van der Waals surface area contributed by atoms with Gasteiger partial charge in [0.15, 0.2) is 0 Å². The monoisotopic (exact) mass is 543 g/mol. The number of rotatable bonds is 12. The predicted octanol–water partition coefficient (Wildman–Crippen LogP) is 0.107. The van der Waals surface area contributed by atoms with Crippen molar-refractivity contribution in [3.8, 4) is 0 Å². The third-order valence-corrected chi connectivity index (χ3v) is 9.32. The molecule has 2 heterocycles. The first kappa shape index (κ1) is 27.5. The summed E-state index contributed by atoms with van der Waals surface area (Å²) in [5, 5.41) is 16.8. The molecule has 0 saturated carbocycles. The van der Waals surface area contributed by atoms with Gasteiger partial charge in [-0.2, -0.15) is 25.3 Å². The summed E-state index contributed by atoms with van der Waals surface area (Å²) in [5.74, 6) is -2.87. The summed E-state index contributed by atoms with van der Waals surface area (Å²) < 4.78 is 17.4. The van der Waals surface area contributed by atoms with Crippen LogP contribution in [0.2, 0.25) is 6.04 Å². The van der Waals surface area contributed by atoms with Gasteiger partial charge in [-0.15, -0.1) is 0 Å². The van der Waals surface area contributed by atoms with Crippen molar-refractivity contribution in [1.82, 2.24) is 16.0 Å². The Morgan fingerprint density at radius 1 is 1.09 bits per heavy atom. The summed E-state index contributed by atoms with van der Waals surface area (Å²) in [6.07, 6.45) is 0.622. The van der Waals surface area contributed by atoms with Crippen LogP contribution in [0.25, 0.3) is 0 Å². The van der Waals surface area contributed by atoms with Gasteiger partial charge in [0.2, 0.25) is 5.91 Å². The van der Waals surface area contributed by atoms with E-state index in [1.807, 2.05) is 6.92 Å². The fraction of sp³-hybridized carbons (Fsp3) is 0.524. The molecule has 0 aromatic heterocycles. The lowest BCUT2D eigenvalue weighted by Gasteiger charge is -2.22. The summed E-state index contributed by atoms with van der Waals surface area (Å²) >= 11 is 8.07. The number of carbonyl (C=O) groups is 4. The Labute approximate surface area is 214 Å². The summed E-state index contributed by atoms with van der Waals surface area (Å²) in [4.78, 5) is 48.7. The molecule has 2 bridgehead atoms. The van der Waals surface area contributed by atoms with Gasteiger partial charge in [0.25, 0.3) is 11.8 Å². The first-order valence-corrected chi connectivity index (χ1v) is 14.3. The van der Waals surface area contributed by atoms with E-state index in [9.17, 15) is 19.2 Å². The molecular formula is C21H29N3O8S2Si. The molecule has 3 rings (SSSR count). The van der Waals surface area contributed by atoms with Crippen LogP contribution in [0, 0.1) is 0 Å². The number of carbonyl (C=O) groups excluding carboxylic acids is 3. The van der Waals surface area contributed by atoms with Crippen LogP contribution in [-0.4, -0.2) is 86.6 Å². The number of amides is 3. The zero-order chi connectivity index (χ0) is 25.6. The van der Waals surface area contributed by atoms with E-state index in [2.05, 4.69) is 41.2 Å². The molecule has 2 saturated heterocycles. The summed E-state index contributed by atoms with van der Waals surface area (Å²) in [5.41, 5.74) is 0.237. The smallest absolute Gasteiger partial charge is 0.480 e. The third-order valence-electron chi connectivity index (χ3n) is 5.62. The molecule has 1 aromatic rings. The van der Waals surface area contributed by atoms with Gasteiger partial charge < -0.3 is 34.3 Å². The molecule has 0 radical (unpaired) electrons. The van der Waals surface area contributed by atoms with Crippen molar-refractivity contribution < 1.29 is 37.6 Å². The number of hydrogen-bond donors (Lipinski definition) is 6. The fourth-order valence-corrected chi connectivity index (χ4v) is 7.20. The lowest BCUT2D eigenvalue weighted by molar-refractivity contribution is -0.138. The van der Waals surface area contributed by atoms with Crippen molar-refractivity contribution in [3.63, 3.8) is 0 Å². The summed E-state index contributed by atoms with van der Waals surface area (Å²) in [7, 11) is -2.61. The molecule has 2 aliphatic rings. The van der Waals surface area contributed by atoms with Crippen molar-refractivity contribution >= 4 is 57.8 Å². The van der Waals surface area contributed by atoms with Crippen molar-refractivity contribution in [1.29, 1.82) is 0 Å². The second-order valence-electron chi connectivity index (χ2n) is 8.20. The minimum absolute atomic E-state index is 0.00815. The van der Waals surface area contributed by atoms with Crippen LogP contribution in [0.1, 0.15) is 34.1 Å². The van der Waals surface area contributed by atoms with Gasteiger partial charge >= 0.3 is 14.8 Å². The maximum absolute atomic E-state index is 12.7. The van der Waals surface area contributed by atoms with E-state index < -0.39 is 44.6 Å². The first-order chi connectivity index (χ1) is 16.7. The van der Waals surface area contributed by atoms with E-state index in [-0.39, 0.29) is 34.8 Å². The van der Waals surface area contributed by atoms with Gasteiger partial charge in [0.1, 0.15) is 12.1 Å². The Kier molecular flexibility index (Phi) is 9.60. The highest BCUT2D eigenvalue weighted by atomic mass is 32.1. The molecule has 5 unspecified atom stereocenters. The molecule has 192 valence electrons. The SMILES string of the molecule is CC1O[Si]2(CCCNC(=O)C(CS)NC(=O)c3cccc(C(=O)NC(CS)C(=O)O)c3)OCC1O2. The van der Waals surface area contributed by atoms with Crippen LogP contribution in [0.5, 0.6) is 0 Å². The average Bonchev–Trinajstić information content (AvgIpc) is 3.40. The third kappa shape index (κ3) is 6.98. The van der Waals surface area contributed by atoms with Gasteiger partial charge in [-0.25, -0.2) is 4.79 Å². The number of hydrogen-bond acceptors (Lipinski definition) is 9. The second kappa shape index (κ2) is 12.2. The quantitative estimate of drug-likeness (QED) is 0.123. The van der Waals surface area contributed by atoms with Crippen LogP contribution in [0.3, 0.4) is 0 Å². The first-order valence-electron chi connectivity index (χ1n) is 11.1. The normalized spacial score (nSPS) is 24.4. The molecule has 35 heavy (non-hydrogen) atoms. The molecule has 0 aliphatic carbocycles. The molecule has 2 aliphatic heterocycles. The standard InChI is InChI=1S/C21H29N3O8S2Si/c1-12-17-9-30-35(31-12,32-17)7-3-6-22-20(27)15(10-33)23-18(25)13-4-2-5-14(8-13)19(26)24-16(11-34)21(28)29/h2,4-5,8,12,15-17,33-34H,3,6-7,9-11H2,1H3,(H,22,27)(H,23,25)(H,24,26)(H,28,29). The predicted molar refractivity (Wildman–Crippen MR) is 134 cm³/mol. The van der Waals surface area contributed by atoms with Gasteiger partial charge in [-0.1, -0.05) is 6.07 Å². The number of fused-ring (bicyclic) bond motifs is 2. The Balaban J connectivity index is 1.49. The van der Waals surface area contributed by atoms with Gasteiger partial charge in [0, 0.05) is 35.2 Å². The van der Waals surface area contributed by atoms with E-state index in [0.29, 0.717) is 25.6 Å². The lowest BCUT2D eigenvalue weighted by Crippen LogP contribution is -2.48. The zero-order valence-corrected chi connectivity index (χ0v) is 21.8. The number of nitrogens with one attached hydrogen (secondary N) is 3. The number of aliphatic carboxylic acids is 1. The number of carboxylic acid groups (broad SMARTS) is 1. The van der Waals surface area contributed by atoms with E-state index in [1.54, 1.807) is 0 Å². The number of benzene rings is 1. The summed E-state index contributed by atoms with van der Waals surface area (Å²) in [6, 6.07) is 4.26. The highest BCUT2D eigenvalue weighted by Gasteiger charge is 2.57. The van der Waals surface area contributed by atoms with Gasteiger partial charge in [0.05, 0.1) is 18.8 Å². The maximum atomic E-state index is 12.7. The average molecular weight is 544 g/mol. The Bertz CT molecular complexity index is 966. The van der Waals surface area contributed by atoms with Crippen molar-refractivity contribution in [3.05, 3.63) is 35.4 Å².